The van der Waals surface area contributed by atoms with Gasteiger partial charge >= 0.3 is 0 Å². The van der Waals surface area contributed by atoms with Gasteiger partial charge in [0.15, 0.2) is 0 Å². The number of aryl methyl sites for hydroxylation is 1. The zero-order valence-electron chi connectivity index (χ0n) is 11.6. The van der Waals surface area contributed by atoms with Crippen LogP contribution in [-0.4, -0.2) is 16.0 Å². The lowest BCUT2D eigenvalue weighted by Gasteiger charge is -2.09. The Kier molecular flexibility index (Phi) is 4.23. The number of carbonyl (C=O) groups excluding carboxylic acids is 1. The van der Waals surface area contributed by atoms with Crippen LogP contribution >= 0.6 is 0 Å². The summed E-state index contributed by atoms with van der Waals surface area (Å²) in [6.07, 6.45) is 1.49. The van der Waals surface area contributed by atoms with Crippen LogP contribution in [0.15, 0.2) is 35.3 Å². The summed E-state index contributed by atoms with van der Waals surface area (Å²) in [6.45, 7) is 5.97. The van der Waals surface area contributed by atoms with Crippen LogP contribution in [0.2, 0.25) is 0 Å². The van der Waals surface area contributed by atoms with Gasteiger partial charge in [0.2, 0.25) is 12.0 Å². The maximum atomic E-state index is 10.1. The predicted octanol–water partition coefficient (Wildman–Crippen LogP) is 3.67. The second kappa shape index (κ2) is 6.08. The van der Waals surface area contributed by atoms with Crippen molar-refractivity contribution in [2.75, 3.05) is 0 Å². The third kappa shape index (κ3) is 3.49. The number of ether oxygens (including phenoxy) is 1. The number of hydrogen-bond acceptors (Lipinski definition) is 5. The molecule has 0 amide bonds. The highest BCUT2D eigenvalue weighted by atomic mass is 16.5. The molecule has 0 spiro atoms. The van der Waals surface area contributed by atoms with E-state index in [1.807, 2.05) is 20.8 Å². The summed E-state index contributed by atoms with van der Waals surface area (Å²) in [7, 11) is 0. The van der Waals surface area contributed by atoms with Gasteiger partial charge in [-0.2, -0.15) is 9.98 Å². The predicted molar refractivity (Wildman–Crippen MR) is 75.2 cm³/mol. The number of aliphatic imine (C=N–C) groups is 1. The fourth-order valence-electron chi connectivity index (χ4n) is 1.63. The topological polar surface area (TPSA) is 64.4 Å². The van der Waals surface area contributed by atoms with Crippen molar-refractivity contribution in [1.29, 1.82) is 0 Å². The van der Waals surface area contributed by atoms with Crippen LogP contribution in [0.5, 0.6) is 11.6 Å². The number of benzene rings is 1. The van der Waals surface area contributed by atoms with E-state index in [2.05, 4.69) is 15.0 Å². The minimum atomic E-state index is 0.238. The average molecular weight is 269 g/mol. The molecular formula is C15H15N3O2. The first kappa shape index (κ1) is 13.9. The molecule has 0 radical (unpaired) electrons. The molecule has 102 valence electrons. The van der Waals surface area contributed by atoms with Crippen molar-refractivity contribution in [3.8, 4) is 11.6 Å². The van der Waals surface area contributed by atoms with E-state index in [1.54, 1.807) is 30.3 Å². The summed E-state index contributed by atoms with van der Waals surface area (Å²) in [4.78, 5) is 22.4. The highest BCUT2D eigenvalue weighted by molar-refractivity contribution is 5.50. The summed E-state index contributed by atoms with van der Waals surface area (Å²) in [5.41, 5.74) is 1.40. The summed E-state index contributed by atoms with van der Waals surface area (Å²) in [5.74, 6) is 2.12. The van der Waals surface area contributed by atoms with E-state index in [9.17, 15) is 4.79 Å². The molecule has 5 nitrogen and oxygen atoms in total. The Hall–Kier alpha value is -2.52. The van der Waals surface area contributed by atoms with Crippen molar-refractivity contribution in [1.82, 2.24) is 9.97 Å². The summed E-state index contributed by atoms with van der Waals surface area (Å²) in [5, 5.41) is 0. The number of rotatable bonds is 4. The molecule has 5 heteroatoms. The van der Waals surface area contributed by atoms with E-state index in [-0.39, 0.29) is 5.92 Å². The van der Waals surface area contributed by atoms with E-state index in [0.29, 0.717) is 17.3 Å². The summed E-state index contributed by atoms with van der Waals surface area (Å²) in [6, 6.07) is 8.59. The summed E-state index contributed by atoms with van der Waals surface area (Å²) >= 11 is 0. The second-order valence-corrected chi connectivity index (χ2v) is 4.66. The molecule has 0 bridgehead atoms. The maximum Gasteiger partial charge on any atom is 0.240 e. The van der Waals surface area contributed by atoms with E-state index in [0.717, 1.165) is 11.5 Å². The first-order chi connectivity index (χ1) is 9.58. The van der Waals surface area contributed by atoms with Crippen molar-refractivity contribution in [2.45, 2.75) is 26.7 Å². The summed E-state index contributed by atoms with van der Waals surface area (Å²) < 4.78 is 5.69. The maximum absolute atomic E-state index is 10.1. The molecule has 0 atom stereocenters. The number of isocyanates is 1. The lowest BCUT2D eigenvalue weighted by atomic mass is 10.2. The molecule has 1 aromatic carbocycles. The normalized spacial score (nSPS) is 10.2. The lowest BCUT2D eigenvalue weighted by Crippen LogP contribution is -2.01. The van der Waals surface area contributed by atoms with Gasteiger partial charge in [0.05, 0.1) is 5.69 Å². The van der Waals surface area contributed by atoms with Gasteiger partial charge in [0.25, 0.3) is 0 Å². The van der Waals surface area contributed by atoms with Gasteiger partial charge in [-0.15, -0.1) is 0 Å². The third-order valence-electron chi connectivity index (χ3n) is 2.60. The van der Waals surface area contributed by atoms with Gasteiger partial charge in [-0.3, -0.25) is 0 Å². The van der Waals surface area contributed by atoms with Crippen LogP contribution < -0.4 is 4.74 Å². The minimum absolute atomic E-state index is 0.238. The fourth-order valence-corrected chi connectivity index (χ4v) is 1.63. The molecule has 0 saturated carbocycles. The standard InChI is InChI=1S/C15H15N3O2/c1-10(2)15-17-11(3)8-14(18-15)20-13-6-4-12(5-7-13)16-9-19/h4-8,10H,1-3H3. The molecule has 1 aromatic heterocycles. The first-order valence-corrected chi connectivity index (χ1v) is 6.30. The molecular weight excluding hydrogens is 254 g/mol. The van der Waals surface area contributed by atoms with Crippen LogP contribution in [0, 0.1) is 6.92 Å². The van der Waals surface area contributed by atoms with E-state index >= 15 is 0 Å². The van der Waals surface area contributed by atoms with Gasteiger partial charge in [0, 0.05) is 17.7 Å². The van der Waals surface area contributed by atoms with Crippen LogP contribution in [0.25, 0.3) is 0 Å². The largest absolute Gasteiger partial charge is 0.439 e. The van der Waals surface area contributed by atoms with Gasteiger partial charge in [-0.05, 0) is 31.2 Å². The Bertz CT molecular complexity index is 645. The van der Waals surface area contributed by atoms with Crippen molar-refractivity contribution in [3.05, 3.63) is 41.9 Å². The van der Waals surface area contributed by atoms with E-state index in [4.69, 9.17) is 4.74 Å². The zero-order valence-corrected chi connectivity index (χ0v) is 11.6. The molecule has 2 rings (SSSR count). The molecule has 0 saturated heterocycles. The van der Waals surface area contributed by atoms with Gasteiger partial charge in [0.1, 0.15) is 11.6 Å². The second-order valence-electron chi connectivity index (χ2n) is 4.66. The van der Waals surface area contributed by atoms with E-state index in [1.165, 1.54) is 6.08 Å². The van der Waals surface area contributed by atoms with Crippen LogP contribution in [-0.2, 0) is 4.79 Å². The Morgan fingerprint density at radius 2 is 1.90 bits per heavy atom. The lowest BCUT2D eigenvalue weighted by molar-refractivity contribution is 0.456. The van der Waals surface area contributed by atoms with Crippen molar-refractivity contribution in [2.24, 2.45) is 4.99 Å². The molecule has 0 aliphatic carbocycles. The molecule has 20 heavy (non-hydrogen) atoms. The SMILES string of the molecule is Cc1cc(Oc2ccc(N=C=O)cc2)nc(C(C)C)n1. The molecule has 0 fully saturated rings. The van der Waals surface area contributed by atoms with E-state index < -0.39 is 0 Å². The van der Waals surface area contributed by atoms with Crippen molar-refractivity contribution >= 4 is 11.8 Å². The molecule has 0 unspecified atom stereocenters. The molecule has 0 aliphatic rings. The Balaban J connectivity index is 2.23. The number of hydrogen-bond donors (Lipinski definition) is 0. The molecule has 1 heterocycles. The average Bonchev–Trinajstić information content (AvgIpc) is 2.40. The smallest absolute Gasteiger partial charge is 0.240 e. The van der Waals surface area contributed by atoms with Gasteiger partial charge in [-0.25, -0.2) is 9.78 Å². The number of aromatic nitrogens is 2. The Labute approximate surface area is 117 Å². The van der Waals surface area contributed by atoms with Crippen LogP contribution in [0.3, 0.4) is 0 Å². The van der Waals surface area contributed by atoms with Gasteiger partial charge < -0.3 is 4.74 Å². The quantitative estimate of drug-likeness (QED) is 0.627. The van der Waals surface area contributed by atoms with Gasteiger partial charge in [-0.1, -0.05) is 13.8 Å². The highest BCUT2D eigenvalue weighted by Gasteiger charge is 2.07. The van der Waals surface area contributed by atoms with Crippen molar-refractivity contribution in [3.63, 3.8) is 0 Å². The fraction of sp³-hybridized carbons (Fsp3) is 0.267. The molecule has 2 aromatic rings. The van der Waals surface area contributed by atoms with Crippen LogP contribution in [0.1, 0.15) is 31.3 Å². The molecule has 0 N–H and O–H groups in total. The Morgan fingerprint density at radius 3 is 2.50 bits per heavy atom. The molecule has 0 aliphatic heterocycles. The van der Waals surface area contributed by atoms with Crippen molar-refractivity contribution < 1.29 is 9.53 Å². The monoisotopic (exact) mass is 269 g/mol. The zero-order chi connectivity index (χ0) is 14.5. The highest BCUT2D eigenvalue weighted by Crippen LogP contribution is 2.24. The number of nitrogens with zero attached hydrogens (tertiary/aromatic N) is 3. The first-order valence-electron chi connectivity index (χ1n) is 6.30. The minimum Gasteiger partial charge on any atom is -0.439 e. The third-order valence-corrected chi connectivity index (χ3v) is 2.60. The Morgan fingerprint density at radius 1 is 1.20 bits per heavy atom. The van der Waals surface area contributed by atoms with Crippen LogP contribution in [0.4, 0.5) is 5.69 Å².